The summed E-state index contributed by atoms with van der Waals surface area (Å²) >= 11 is 0. The fraction of sp³-hybridized carbons (Fsp3) is 0.294. The summed E-state index contributed by atoms with van der Waals surface area (Å²) in [5.74, 6) is -0.452. The average Bonchev–Trinajstić information content (AvgIpc) is 2.45. The normalized spacial score (nSPS) is 12.2. The summed E-state index contributed by atoms with van der Waals surface area (Å²) in [6.07, 6.45) is 0. The van der Waals surface area contributed by atoms with E-state index in [1.807, 2.05) is 13.8 Å². The van der Waals surface area contributed by atoms with Crippen LogP contribution in [-0.4, -0.2) is 6.54 Å². The molecule has 0 fully saturated rings. The van der Waals surface area contributed by atoms with E-state index in [9.17, 15) is 8.78 Å². The molecule has 2 aromatic rings. The maximum Gasteiger partial charge on any atom is 0.166 e. The van der Waals surface area contributed by atoms with Gasteiger partial charge in [0, 0.05) is 12.1 Å². The Hall–Kier alpha value is -1.94. The van der Waals surface area contributed by atoms with Crippen LogP contribution in [0.1, 0.15) is 31.0 Å². The van der Waals surface area contributed by atoms with Crippen LogP contribution in [0.15, 0.2) is 36.4 Å². The van der Waals surface area contributed by atoms with Gasteiger partial charge in [-0.2, -0.15) is 0 Å². The lowest BCUT2D eigenvalue weighted by Gasteiger charge is -2.15. The zero-order valence-electron chi connectivity index (χ0n) is 12.4. The van der Waals surface area contributed by atoms with Crippen LogP contribution >= 0.6 is 0 Å². The summed E-state index contributed by atoms with van der Waals surface area (Å²) < 4.78 is 32.8. The molecular formula is C17H19F2NO. The highest BCUT2D eigenvalue weighted by atomic mass is 19.1. The van der Waals surface area contributed by atoms with Crippen molar-refractivity contribution in [1.82, 2.24) is 5.32 Å². The van der Waals surface area contributed by atoms with E-state index in [1.54, 1.807) is 25.1 Å². The first-order chi connectivity index (χ1) is 10.0. The smallest absolute Gasteiger partial charge is 0.166 e. The first kappa shape index (κ1) is 15.4. The minimum atomic E-state index is -0.457. The van der Waals surface area contributed by atoms with Crippen molar-refractivity contribution in [3.63, 3.8) is 0 Å². The number of halogens is 2. The summed E-state index contributed by atoms with van der Waals surface area (Å²) in [5.41, 5.74) is 1.60. The molecule has 0 saturated carbocycles. The molecule has 0 spiro atoms. The van der Waals surface area contributed by atoms with Crippen LogP contribution in [0.3, 0.4) is 0 Å². The van der Waals surface area contributed by atoms with Crippen LogP contribution in [0.5, 0.6) is 11.5 Å². The molecule has 0 aliphatic rings. The van der Waals surface area contributed by atoms with Gasteiger partial charge in [0.05, 0.1) is 0 Å². The van der Waals surface area contributed by atoms with E-state index >= 15 is 0 Å². The Balaban J connectivity index is 2.23. The minimum Gasteiger partial charge on any atom is -0.454 e. The number of nitrogens with one attached hydrogen (secondary N) is 1. The lowest BCUT2D eigenvalue weighted by atomic mass is 10.1. The van der Waals surface area contributed by atoms with E-state index < -0.39 is 11.6 Å². The van der Waals surface area contributed by atoms with Crippen LogP contribution < -0.4 is 10.1 Å². The second kappa shape index (κ2) is 6.68. The van der Waals surface area contributed by atoms with Gasteiger partial charge >= 0.3 is 0 Å². The third kappa shape index (κ3) is 3.79. The van der Waals surface area contributed by atoms with Crippen LogP contribution in [0.25, 0.3) is 0 Å². The lowest BCUT2D eigenvalue weighted by Crippen LogP contribution is -2.17. The third-order valence-electron chi connectivity index (χ3n) is 3.34. The van der Waals surface area contributed by atoms with Gasteiger partial charge in [-0.15, -0.1) is 0 Å². The quantitative estimate of drug-likeness (QED) is 0.859. The maximum atomic E-state index is 14.1. The summed E-state index contributed by atoms with van der Waals surface area (Å²) in [7, 11) is 0. The number of hydrogen-bond donors (Lipinski definition) is 1. The molecule has 0 amide bonds. The number of aryl methyl sites for hydroxylation is 1. The molecule has 1 atom stereocenters. The topological polar surface area (TPSA) is 21.3 Å². The first-order valence-corrected chi connectivity index (χ1v) is 6.98. The predicted molar refractivity (Wildman–Crippen MR) is 79.7 cm³/mol. The zero-order valence-corrected chi connectivity index (χ0v) is 12.4. The largest absolute Gasteiger partial charge is 0.454 e. The Kier molecular flexibility index (Phi) is 4.91. The molecule has 0 aliphatic heterocycles. The van der Waals surface area contributed by atoms with Crippen molar-refractivity contribution in [2.24, 2.45) is 0 Å². The van der Waals surface area contributed by atoms with E-state index in [-0.39, 0.29) is 11.8 Å². The minimum absolute atomic E-state index is 0.0643. The number of benzene rings is 2. The van der Waals surface area contributed by atoms with E-state index in [2.05, 4.69) is 5.32 Å². The van der Waals surface area contributed by atoms with Crippen molar-refractivity contribution in [3.05, 3.63) is 59.2 Å². The molecule has 1 unspecified atom stereocenters. The fourth-order valence-electron chi connectivity index (χ4n) is 2.10. The zero-order chi connectivity index (χ0) is 15.4. The standard InChI is InChI=1S/C17H19F2NO/c1-4-20-12(3)13-6-8-16(15(19)9-13)21-17-10-14(18)7-5-11(17)2/h5-10,12,20H,4H2,1-3H3. The molecular weight excluding hydrogens is 272 g/mol. The van der Waals surface area contributed by atoms with E-state index in [0.717, 1.165) is 17.7 Å². The monoisotopic (exact) mass is 291 g/mol. The molecule has 1 N–H and O–H groups in total. The van der Waals surface area contributed by atoms with Gasteiger partial charge in [-0.1, -0.05) is 19.1 Å². The van der Waals surface area contributed by atoms with E-state index in [4.69, 9.17) is 4.74 Å². The molecule has 0 aromatic heterocycles. The molecule has 2 aromatic carbocycles. The van der Waals surface area contributed by atoms with Crippen LogP contribution in [0.4, 0.5) is 8.78 Å². The molecule has 2 nitrogen and oxygen atoms in total. The fourth-order valence-corrected chi connectivity index (χ4v) is 2.10. The molecule has 112 valence electrons. The Bertz CT molecular complexity index is 628. The highest BCUT2D eigenvalue weighted by molar-refractivity contribution is 5.39. The van der Waals surface area contributed by atoms with Crippen LogP contribution in [0, 0.1) is 18.6 Å². The Morgan fingerprint density at radius 2 is 1.86 bits per heavy atom. The highest BCUT2D eigenvalue weighted by Gasteiger charge is 2.11. The van der Waals surface area contributed by atoms with Gasteiger partial charge in [0.15, 0.2) is 11.6 Å². The summed E-state index contributed by atoms with van der Waals surface area (Å²) in [6, 6.07) is 9.09. The Morgan fingerprint density at radius 3 is 2.52 bits per heavy atom. The van der Waals surface area contributed by atoms with E-state index in [1.165, 1.54) is 18.2 Å². The van der Waals surface area contributed by atoms with Crippen LogP contribution in [0.2, 0.25) is 0 Å². The molecule has 0 aliphatic carbocycles. The van der Waals surface area contributed by atoms with Gasteiger partial charge in [-0.3, -0.25) is 0 Å². The van der Waals surface area contributed by atoms with Gasteiger partial charge in [-0.25, -0.2) is 8.78 Å². The van der Waals surface area contributed by atoms with Gasteiger partial charge in [-0.05, 0) is 49.7 Å². The molecule has 21 heavy (non-hydrogen) atoms. The van der Waals surface area contributed by atoms with Crippen molar-refractivity contribution in [3.8, 4) is 11.5 Å². The summed E-state index contributed by atoms with van der Waals surface area (Å²) in [6.45, 7) is 6.56. The molecule has 4 heteroatoms. The Morgan fingerprint density at radius 1 is 1.10 bits per heavy atom. The molecule has 0 bridgehead atoms. The number of rotatable bonds is 5. The first-order valence-electron chi connectivity index (χ1n) is 6.98. The number of hydrogen-bond acceptors (Lipinski definition) is 2. The summed E-state index contributed by atoms with van der Waals surface area (Å²) in [4.78, 5) is 0. The van der Waals surface area contributed by atoms with Crippen LogP contribution in [-0.2, 0) is 0 Å². The van der Waals surface area contributed by atoms with Gasteiger partial charge in [0.25, 0.3) is 0 Å². The lowest BCUT2D eigenvalue weighted by molar-refractivity contribution is 0.434. The van der Waals surface area contributed by atoms with Gasteiger partial charge in [0.1, 0.15) is 11.6 Å². The average molecular weight is 291 g/mol. The van der Waals surface area contributed by atoms with Crippen molar-refractivity contribution < 1.29 is 13.5 Å². The molecule has 0 saturated heterocycles. The predicted octanol–water partition coefficient (Wildman–Crippen LogP) is 4.74. The van der Waals surface area contributed by atoms with E-state index in [0.29, 0.717) is 5.75 Å². The number of ether oxygens (including phenoxy) is 1. The van der Waals surface area contributed by atoms with Crippen molar-refractivity contribution >= 4 is 0 Å². The Labute approximate surface area is 123 Å². The second-order valence-electron chi connectivity index (χ2n) is 4.98. The maximum absolute atomic E-state index is 14.1. The molecule has 0 heterocycles. The van der Waals surface area contributed by atoms with Gasteiger partial charge < -0.3 is 10.1 Å². The van der Waals surface area contributed by atoms with Crippen molar-refractivity contribution in [2.45, 2.75) is 26.8 Å². The van der Waals surface area contributed by atoms with Gasteiger partial charge in [0.2, 0.25) is 0 Å². The SMILES string of the molecule is CCNC(C)c1ccc(Oc2cc(F)ccc2C)c(F)c1. The summed E-state index contributed by atoms with van der Waals surface area (Å²) in [5, 5.41) is 3.22. The van der Waals surface area contributed by atoms with Crippen molar-refractivity contribution in [1.29, 1.82) is 0 Å². The van der Waals surface area contributed by atoms with Crippen molar-refractivity contribution in [2.75, 3.05) is 6.54 Å². The second-order valence-corrected chi connectivity index (χ2v) is 4.98. The third-order valence-corrected chi connectivity index (χ3v) is 3.34. The highest BCUT2D eigenvalue weighted by Crippen LogP contribution is 2.29. The molecule has 2 rings (SSSR count). The molecule has 0 radical (unpaired) electrons.